The Kier molecular flexibility index (Phi) is 4.16. The Morgan fingerprint density at radius 3 is 2.96 bits per heavy atom. The number of rotatable bonds is 2. The van der Waals surface area contributed by atoms with Gasteiger partial charge in [-0.2, -0.15) is 0 Å². The van der Waals surface area contributed by atoms with Crippen molar-refractivity contribution in [3.63, 3.8) is 0 Å². The molecule has 0 aliphatic carbocycles. The molecule has 1 N–H and O–H groups in total. The minimum atomic E-state index is -0.302. The number of nitrogens with one attached hydrogen (secondary N) is 1. The molecule has 0 radical (unpaired) electrons. The molecule has 1 fully saturated rings. The van der Waals surface area contributed by atoms with Gasteiger partial charge in [0.1, 0.15) is 11.6 Å². The van der Waals surface area contributed by atoms with E-state index in [1.807, 2.05) is 41.3 Å². The van der Waals surface area contributed by atoms with E-state index in [9.17, 15) is 9.18 Å². The van der Waals surface area contributed by atoms with Crippen LogP contribution in [-0.2, 0) is 0 Å². The predicted octanol–water partition coefficient (Wildman–Crippen LogP) is 5.60. The second-order valence-corrected chi connectivity index (χ2v) is 7.97. The lowest BCUT2D eigenvalue weighted by atomic mass is 10.1. The van der Waals surface area contributed by atoms with Crippen LogP contribution in [0, 0.1) is 5.82 Å². The Balaban J connectivity index is 1.49. The number of hydrogen-bond donors (Lipinski definition) is 1. The second kappa shape index (κ2) is 6.71. The summed E-state index contributed by atoms with van der Waals surface area (Å²) in [6, 6.07) is 16.1. The number of carbonyl (C=O) groups is 1. The SMILES string of the molecule is O=C(c1ccc2c(Br)cccc2c1)N1CCCC1c1nc2ccc(F)cc2[nH]1. The van der Waals surface area contributed by atoms with E-state index in [2.05, 4.69) is 25.9 Å². The summed E-state index contributed by atoms with van der Waals surface area (Å²) in [4.78, 5) is 22.9. The number of halogens is 2. The molecule has 1 aliphatic rings. The largest absolute Gasteiger partial charge is 0.340 e. The van der Waals surface area contributed by atoms with Gasteiger partial charge in [-0.25, -0.2) is 9.37 Å². The van der Waals surface area contributed by atoms with Crippen LogP contribution in [0.1, 0.15) is 35.1 Å². The first kappa shape index (κ1) is 17.4. The summed E-state index contributed by atoms with van der Waals surface area (Å²) in [5.41, 5.74) is 2.04. The first-order chi connectivity index (χ1) is 13.6. The number of imidazole rings is 1. The Morgan fingerprint density at radius 2 is 2.07 bits per heavy atom. The van der Waals surface area contributed by atoms with Gasteiger partial charge in [-0.1, -0.05) is 34.1 Å². The first-order valence-corrected chi connectivity index (χ1v) is 10.0. The van der Waals surface area contributed by atoms with Gasteiger partial charge in [0.05, 0.1) is 17.1 Å². The molecule has 4 nitrogen and oxygen atoms in total. The standard InChI is InChI=1S/C22H17BrFN3O/c23-17-4-1-3-13-11-14(6-8-16(13)17)22(28)27-10-2-5-20(27)21-25-18-9-7-15(24)12-19(18)26-21/h1,3-4,6-9,11-12,20H,2,5,10H2,(H,25,26). The van der Waals surface area contributed by atoms with Gasteiger partial charge in [0.2, 0.25) is 0 Å². The number of nitrogens with zero attached hydrogens (tertiary/aromatic N) is 2. The lowest BCUT2D eigenvalue weighted by molar-refractivity contribution is 0.0730. The molecule has 0 saturated carbocycles. The number of hydrogen-bond acceptors (Lipinski definition) is 2. The molecule has 28 heavy (non-hydrogen) atoms. The van der Waals surface area contributed by atoms with E-state index in [-0.39, 0.29) is 17.8 Å². The van der Waals surface area contributed by atoms with Crippen LogP contribution >= 0.6 is 15.9 Å². The number of aromatic nitrogens is 2. The molecule has 140 valence electrons. The fraction of sp³-hybridized carbons (Fsp3) is 0.182. The van der Waals surface area contributed by atoms with Crippen molar-refractivity contribution in [1.29, 1.82) is 0 Å². The van der Waals surface area contributed by atoms with Gasteiger partial charge < -0.3 is 9.88 Å². The number of carbonyl (C=O) groups excluding carboxylic acids is 1. The van der Waals surface area contributed by atoms with Gasteiger partial charge in [-0.05, 0) is 60.0 Å². The van der Waals surface area contributed by atoms with Crippen molar-refractivity contribution >= 4 is 43.6 Å². The fourth-order valence-electron chi connectivity index (χ4n) is 4.00. The molecule has 3 aromatic carbocycles. The number of amides is 1. The van der Waals surface area contributed by atoms with E-state index in [1.54, 1.807) is 6.07 Å². The Bertz CT molecular complexity index is 1220. The van der Waals surface area contributed by atoms with E-state index in [1.165, 1.54) is 12.1 Å². The third kappa shape index (κ3) is 2.88. The van der Waals surface area contributed by atoms with E-state index < -0.39 is 0 Å². The van der Waals surface area contributed by atoms with Crippen molar-refractivity contribution in [2.75, 3.05) is 6.54 Å². The molecule has 0 spiro atoms. The number of fused-ring (bicyclic) bond motifs is 2. The van der Waals surface area contributed by atoms with Crippen LogP contribution in [0.25, 0.3) is 21.8 Å². The van der Waals surface area contributed by atoms with Gasteiger partial charge in [0, 0.05) is 16.6 Å². The van der Waals surface area contributed by atoms with Crippen LogP contribution in [0.3, 0.4) is 0 Å². The van der Waals surface area contributed by atoms with Crippen LogP contribution in [0.2, 0.25) is 0 Å². The van der Waals surface area contributed by atoms with Gasteiger partial charge >= 0.3 is 0 Å². The van der Waals surface area contributed by atoms with Crippen molar-refractivity contribution in [1.82, 2.24) is 14.9 Å². The first-order valence-electron chi connectivity index (χ1n) is 9.24. The molecule has 2 heterocycles. The maximum atomic E-state index is 13.5. The van der Waals surface area contributed by atoms with E-state index in [0.29, 0.717) is 23.1 Å². The van der Waals surface area contributed by atoms with Crippen LogP contribution in [0.15, 0.2) is 59.1 Å². The quantitative estimate of drug-likeness (QED) is 0.443. The fourth-order valence-corrected chi connectivity index (χ4v) is 4.51. The molecule has 1 saturated heterocycles. The zero-order valence-electron chi connectivity index (χ0n) is 15.0. The maximum Gasteiger partial charge on any atom is 0.254 e. The van der Waals surface area contributed by atoms with E-state index >= 15 is 0 Å². The van der Waals surface area contributed by atoms with Crippen molar-refractivity contribution < 1.29 is 9.18 Å². The summed E-state index contributed by atoms with van der Waals surface area (Å²) in [5, 5.41) is 2.10. The minimum Gasteiger partial charge on any atom is -0.340 e. The lowest BCUT2D eigenvalue weighted by Gasteiger charge is -2.23. The predicted molar refractivity (Wildman–Crippen MR) is 111 cm³/mol. The molecule has 1 atom stereocenters. The Morgan fingerprint density at radius 1 is 1.18 bits per heavy atom. The molecule has 4 aromatic rings. The molecule has 1 unspecified atom stereocenters. The van der Waals surface area contributed by atoms with Crippen LogP contribution in [0.5, 0.6) is 0 Å². The normalized spacial score (nSPS) is 16.9. The van der Waals surface area contributed by atoms with Crippen molar-refractivity contribution in [2.45, 2.75) is 18.9 Å². The summed E-state index contributed by atoms with van der Waals surface area (Å²) in [6.45, 7) is 0.686. The Hall–Kier alpha value is -2.73. The highest BCUT2D eigenvalue weighted by molar-refractivity contribution is 9.10. The Labute approximate surface area is 169 Å². The molecule has 6 heteroatoms. The van der Waals surface area contributed by atoms with Crippen molar-refractivity contribution in [3.8, 4) is 0 Å². The monoisotopic (exact) mass is 437 g/mol. The van der Waals surface area contributed by atoms with Crippen molar-refractivity contribution in [3.05, 3.63) is 76.3 Å². The zero-order chi connectivity index (χ0) is 19.3. The highest BCUT2D eigenvalue weighted by atomic mass is 79.9. The van der Waals surface area contributed by atoms with E-state index in [0.717, 1.165) is 33.9 Å². The molecule has 1 aliphatic heterocycles. The average Bonchev–Trinajstić information content (AvgIpc) is 3.33. The van der Waals surface area contributed by atoms with Gasteiger partial charge in [0.15, 0.2) is 0 Å². The number of aromatic amines is 1. The lowest BCUT2D eigenvalue weighted by Crippen LogP contribution is -2.31. The molecular formula is C22H17BrFN3O. The second-order valence-electron chi connectivity index (χ2n) is 7.12. The summed E-state index contributed by atoms with van der Waals surface area (Å²) in [7, 11) is 0. The number of likely N-dealkylation sites (tertiary alicyclic amines) is 1. The molecular weight excluding hydrogens is 421 g/mol. The van der Waals surface area contributed by atoms with Crippen LogP contribution in [0.4, 0.5) is 4.39 Å². The number of H-pyrrole nitrogens is 1. The summed E-state index contributed by atoms with van der Waals surface area (Å²) in [5.74, 6) is 0.412. The highest BCUT2D eigenvalue weighted by Gasteiger charge is 2.32. The van der Waals surface area contributed by atoms with Gasteiger partial charge in [0.25, 0.3) is 5.91 Å². The topological polar surface area (TPSA) is 49.0 Å². The summed E-state index contributed by atoms with van der Waals surface area (Å²) >= 11 is 3.55. The van der Waals surface area contributed by atoms with Crippen LogP contribution in [-0.4, -0.2) is 27.3 Å². The smallest absolute Gasteiger partial charge is 0.254 e. The number of benzene rings is 3. The third-order valence-corrected chi connectivity index (χ3v) is 6.06. The third-order valence-electron chi connectivity index (χ3n) is 5.37. The van der Waals surface area contributed by atoms with E-state index in [4.69, 9.17) is 0 Å². The van der Waals surface area contributed by atoms with Crippen molar-refractivity contribution in [2.24, 2.45) is 0 Å². The molecule has 0 bridgehead atoms. The zero-order valence-corrected chi connectivity index (χ0v) is 16.5. The average molecular weight is 438 g/mol. The summed E-state index contributed by atoms with van der Waals surface area (Å²) < 4.78 is 14.5. The summed E-state index contributed by atoms with van der Waals surface area (Å²) in [6.07, 6.45) is 1.76. The molecule has 1 amide bonds. The van der Waals surface area contributed by atoms with Crippen LogP contribution < -0.4 is 0 Å². The van der Waals surface area contributed by atoms with Gasteiger partial charge in [-0.3, -0.25) is 4.79 Å². The highest BCUT2D eigenvalue weighted by Crippen LogP contribution is 2.33. The minimum absolute atomic E-state index is 0.00369. The van der Waals surface area contributed by atoms with Gasteiger partial charge in [-0.15, -0.1) is 0 Å². The molecule has 1 aromatic heterocycles. The maximum absolute atomic E-state index is 13.5. The molecule has 5 rings (SSSR count).